The zero-order chi connectivity index (χ0) is 39.3. The second kappa shape index (κ2) is 12.7. The topological polar surface area (TPSA) is 65.0 Å². The van der Waals surface area contributed by atoms with Gasteiger partial charge in [0.2, 0.25) is 0 Å². The van der Waals surface area contributed by atoms with Crippen molar-refractivity contribution in [3.63, 3.8) is 0 Å². The summed E-state index contributed by atoms with van der Waals surface area (Å²) < 4.78 is 13.0. The average molecular weight is 766 g/mol. The molecule has 5 nitrogen and oxygen atoms in total. The first-order valence-electron chi connectivity index (χ1n) is 20.2. The molecule has 0 amide bonds. The lowest BCUT2D eigenvalue weighted by atomic mass is 9.87. The standard InChI is InChI=1S/C55H31N3O2/c1-2-15-36-34(13-1)35-14-3-5-19-40(35)50-41-20-6-4-16-37(41)46(31-47(36)50)32-27-29-33(30-28-32)53-56-54(44-23-11-21-42-38-17-7-9-25-48(38)59-51(42)44)58-55(57-53)45-24-12-22-43-39-18-8-10-26-49(39)60-52(43)45/h1-31H. The first kappa shape index (κ1) is 32.9. The van der Waals surface area contributed by atoms with Crippen molar-refractivity contribution in [2.45, 2.75) is 0 Å². The van der Waals surface area contributed by atoms with Gasteiger partial charge in [-0.1, -0.05) is 158 Å². The van der Waals surface area contributed by atoms with Gasteiger partial charge in [-0.15, -0.1) is 0 Å². The van der Waals surface area contributed by atoms with E-state index in [1.54, 1.807) is 0 Å². The molecule has 13 rings (SSSR count). The Hall–Kier alpha value is -8.15. The van der Waals surface area contributed by atoms with Crippen LogP contribution in [0.2, 0.25) is 0 Å². The van der Waals surface area contributed by atoms with E-state index in [-0.39, 0.29) is 0 Å². The zero-order valence-corrected chi connectivity index (χ0v) is 32.1. The van der Waals surface area contributed by atoms with Crippen LogP contribution >= 0.6 is 0 Å². The van der Waals surface area contributed by atoms with Crippen LogP contribution in [0, 0.1) is 0 Å². The molecule has 3 heterocycles. The Morgan fingerprint density at radius 2 is 0.667 bits per heavy atom. The summed E-state index contributed by atoms with van der Waals surface area (Å²) in [5.41, 5.74) is 7.87. The molecule has 0 aliphatic rings. The third-order valence-corrected chi connectivity index (χ3v) is 12.1. The molecule has 0 aliphatic heterocycles. The van der Waals surface area contributed by atoms with E-state index in [2.05, 4.69) is 127 Å². The number of rotatable bonds is 4. The molecule has 5 heteroatoms. The highest BCUT2D eigenvalue weighted by Crippen LogP contribution is 2.44. The molecule has 10 aromatic carbocycles. The van der Waals surface area contributed by atoms with E-state index in [4.69, 9.17) is 23.8 Å². The van der Waals surface area contributed by atoms with Crippen molar-refractivity contribution in [3.8, 4) is 45.3 Å². The largest absolute Gasteiger partial charge is 0.455 e. The van der Waals surface area contributed by atoms with Crippen LogP contribution in [0.1, 0.15) is 0 Å². The molecule has 0 saturated carbocycles. The van der Waals surface area contributed by atoms with Gasteiger partial charge < -0.3 is 8.83 Å². The molecule has 0 N–H and O–H groups in total. The van der Waals surface area contributed by atoms with E-state index in [0.717, 1.165) is 66.1 Å². The predicted octanol–water partition coefficient (Wildman–Crippen LogP) is 15.0. The molecular formula is C55H31N3O2. The van der Waals surface area contributed by atoms with E-state index in [1.165, 1.54) is 48.7 Å². The highest BCUT2D eigenvalue weighted by atomic mass is 16.3. The third-order valence-electron chi connectivity index (χ3n) is 12.1. The summed E-state index contributed by atoms with van der Waals surface area (Å²) in [4.78, 5) is 15.5. The SMILES string of the molecule is c1ccc2c(c1)oc1c(-c3nc(-c4ccc(-c5cc6c7ccccc7c7ccccc7c6c6ccccc56)cc4)nc(-c4cccc5c4oc4ccccc45)n3)cccc12. The van der Waals surface area contributed by atoms with E-state index in [0.29, 0.717) is 17.5 Å². The van der Waals surface area contributed by atoms with Crippen molar-refractivity contribution < 1.29 is 8.83 Å². The molecule has 0 unspecified atom stereocenters. The molecule has 0 fully saturated rings. The van der Waals surface area contributed by atoms with E-state index in [1.807, 2.05) is 60.7 Å². The van der Waals surface area contributed by atoms with E-state index < -0.39 is 0 Å². The van der Waals surface area contributed by atoms with Gasteiger partial charge in [-0.05, 0) is 84.5 Å². The second-order valence-corrected chi connectivity index (χ2v) is 15.4. The Labute approximate surface area is 342 Å². The van der Waals surface area contributed by atoms with Gasteiger partial charge in [0.25, 0.3) is 0 Å². The van der Waals surface area contributed by atoms with Crippen LogP contribution in [0.15, 0.2) is 197 Å². The first-order valence-corrected chi connectivity index (χ1v) is 20.2. The Morgan fingerprint density at radius 1 is 0.267 bits per heavy atom. The Kier molecular flexibility index (Phi) is 6.95. The number of benzene rings is 10. The maximum atomic E-state index is 6.50. The van der Waals surface area contributed by atoms with Gasteiger partial charge >= 0.3 is 0 Å². The molecule has 13 aromatic rings. The summed E-state index contributed by atoms with van der Waals surface area (Å²) >= 11 is 0. The molecule has 278 valence electrons. The highest BCUT2D eigenvalue weighted by Gasteiger charge is 2.21. The maximum Gasteiger partial charge on any atom is 0.167 e. The molecule has 0 saturated heterocycles. The van der Waals surface area contributed by atoms with Crippen LogP contribution in [-0.2, 0) is 0 Å². The van der Waals surface area contributed by atoms with Crippen LogP contribution in [0.3, 0.4) is 0 Å². The molecule has 0 spiro atoms. The number of furan rings is 2. The van der Waals surface area contributed by atoms with Gasteiger partial charge in [-0.3, -0.25) is 0 Å². The van der Waals surface area contributed by atoms with Crippen LogP contribution in [0.25, 0.3) is 132 Å². The molecule has 3 aromatic heterocycles. The van der Waals surface area contributed by atoms with Crippen molar-refractivity contribution in [2.24, 2.45) is 0 Å². The lowest BCUT2D eigenvalue weighted by Crippen LogP contribution is -2.00. The quantitative estimate of drug-likeness (QED) is 0.167. The number of fused-ring (bicyclic) bond motifs is 14. The molecule has 0 aliphatic carbocycles. The number of nitrogens with zero attached hydrogens (tertiary/aromatic N) is 3. The van der Waals surface area contributed by atoms with Crippen LogP contribution in [-0.4, -0.2) is 15.0 Å². The fourth-order valence-corrected chi connectivity index (χ4v) is 9.40. The van der Waals surface area contributed by atoms with E-state index >= 15 is 0 Å². The first-order chi connectivity index (χ1) is 29.7. The lowest BCUT2D eigenvalue weighted by Gasteiger charge is -2.16. The summed E-state index contributed by atoms with van der Waals surface area (Å²) in [7, 11) is 0. The number of aromatic nitrogens is 3. The molecule has 0 radical (unpaired) electrons. The van der Waals surface area contributed by atoms with E-state index in [9.17, 15) is 0 Å². The van der Waals surface area contributed by atoms with Crippen LogP contribution in [0.4, 0.5) is 0 Å². The summed E-state index contributed by atoms with van der Waals surface area (Å²) in [5.74, 6) is 1.61. The van der Waals surface area contributed by atoms with Crippen molar-refractivity contribution >= 4 is 87.0 Å². The number of hydrogen-bond acceptors (Lipinski definition) is 5. The Morgan fingerprint density at radius 3 is 1.23 bits per heavy atom. The predicted molar refractivity (Wildman–Crippen MR) is 246 cm³/mol. The minimum Gasteiger partial charge on any atom is -0.455 e. The van der Waals surface area contributed by atoms with Crippen molar-refractivity contribution in [1.82, 2.24) is 15.0 Å². The van der Waals surface area contributed by atoms with Gasteiger partial charge in [-0.2, -0.15) is 0 Å². The molecule has 60 heavy (non-hydrogen) atoms. The van der Waals surface area contributed by atoms with Crippen molar-refractivity contribution in [3.05, 3.63) is 188 Å². The highest BCUT2D eigenvalue weighted by molar-refractivity contribution is 6.33. The normalized spacial score (nSPS) is 12.0. The summed E-state index contributed by atoms with van der Waals surface area (Å²) in [6.07, 6.45) is 0. The summed E-state index contributed by atoms with van der Waals surface area (Å²) in [6.45, 7) is 0. The minimum absolute atomic E-state index is 0.525. The van der Waals surface area contributed by atoms with Gasteiger partial charge in [0.05, 0.1) is 11.1 Å². The van der Waals surface area contributed by atoms with Gasteiger partial charge in [0, 0.05) is 27.1 Å². The van der Waals surface area contributed by atoms with Gasteiger partial charge in [0.15, 0.2) is 17.5 Å². The summed E-state index contributed by atoms with van der Waals surface area (Å²) in [6, 6.07) is 65.8. The minimum atomic E-state index is 0.525. The molecular weight excluding hydrogens is 735 g/mol. The summed E-state index contributed by atoms with van der Waals surface area (Å²) in [5, 5.41) is 14.1. The van der Waals surface area contributed by atoms with Gasteiger partial charge in [-0.25, -0.2) is 15.0 Å². The second-order valence-electron chi connectivity index (χ2n) is 15.4. The number of para-hydroxylation sites is 4. The van der Waals surface area contributed by atoms with Crippen molar-refractivity contribution in [2.75, 3.05) is 0 Å². The zero-order valence-electron chi connectivity index (χ0n) is 32.1. The smallest absolute Gasteiger partial charge is 0.167 e. The van der Waals surface area contributed by atoms with Crippen molar-refractivity contribution in [1.29, 1.82) is 0 Å². The lowest BCUT2D eigenvalue weighted by molar-refractivity contribution is 0.669. The maximum absolute atomic E-state index is 6.50. The Bertz CT molecular complexity index is 3770. The number of hydrogen-bond donors (Lipinski definition) is 0. The average Bonchev–Trinajstić information content (AvgIpc) is 3.90. The molecule has 0 atom stereocenters. The van der Waals surface area contributed by atoms with Gasteiger partial charge in [0.1, 0.15) is 22.3 Å². The molecule has 0 bridgehead atoms. The Balaban J connectivity index is 1.02. The monoisotopic (exact) mass is 765 g/mol. The van der Waals surface area contributed by atoms with Crippen LogP contribution in [0.5, 0.6) is 0 Å². The third kappa shape index (κ3) is 4.84. The fourth-order valence-electron chi connectivity index (χ4n) is 9.40. The van der Waals surface area contributed by atoms with Crippen LogP contribution < -0.4 is 0 Å². The fraction of sp³-hybridized carbons (Fsp3) is 0.